The van der Waals surface area contributed by atoms with E-state index in [1.807, 2.05) is 13.1 Å². The summed E-state index contributed by atoms with van der Waals surface area (Å²) in [4.78, 5) is 26.7. The van der Waals surface area contributed by atoms with E-state index < -0.39 is 10.0 Å². The molecule has 4 heterocycles. The molecule has 1 fully saturated rings. The Bertz CT molecular complexity index is 1430. The molecular weight excluding hydrogens is 488 g/mol. The van der Waals surface area contributed by atoms with Gasteiger partial charge in [0.1, 0.15) is 5.65 Å². The van der Waals surface area contributed by atoms with Gasteiger partial charge in [0.05, 0.1) is 22.3 Å². The molecule has 0 spiro atoms. The van der Waals surface area contributed by atoms with Crippen molar-refractivity contribution in [3.63, 3.8) is 0 Å². The molecule has 1 amide bonds. The van der Waals surface area contributed by atoms with Gasteiger partial charge in [-0.2, -0.15) is 4.31 Å². The minimum absolute atomic E-state index is 0. The topological polar surface area (TPSA) is 111 Å². The van der Waals surface area contributed by atoms with Crippen molar-refractivity contribution in [2.24, 2.45) is 0 Å². The summed E-state index contributed by atoms with van der Waals surface area (Å²) in [5.74, 6) is -0.271. The molecule has 1 aliphatic rings. The number of amides is 1. The van der Waals surface area contributed by atoms with Crippen LogP contribution in [0.15, 0.2) is 72.1 Å². The molecule has 1 aliphatic heterocycles. The summed E-state index contributed by atoms with van der Waals surface area (Å²) >= 11 is 0. The lowest BCUT2D eigenvalue weighted by Gasteiger charge is -2.31. The van der Waals surface area contributed by atoms with E-state index in [-0.39, 0.29) is 23.2 Å². The molecule has 0 saturated carbocycles. The quantitative estimate of drug-likeness (QED) is 0.424. The molecule has 9 nitrogen and oxygen atoms in total. The highest BCUT2D eigenvalue weighted by atomic mass is 35.5. The Balaban J connectivity index is 0.00000289. The number of pyridine rings is 2. The van der Waals surface area contributed by atoms with Crippen LogP contribution in [-0.2, 0) is 10.0 Å². The Kier molecular flexibility index (Phi) is 7.18. The Labute approximate surface area is 209 Å². The van der Waals surface area contributed by atoms with Crippen LogP contribution in [0.25, 0.3) is 22.2 Å². The van der Waals surface area contributed by atoms with E-state index in [9.17, 15) is 13.2 Å². The third kappa shape index (κ3) is 5.06. The Morgan fingerprint density at radius 1 is 1.03 bits per heavy atom. The number of nitrogens with one attached hydrogen (secondary N) is 2. The lowest BCUT2D eigenvalue weighted by molar-refractivity contribution is 0.102. The van der Waals surface area contributed by atoms with Gasteiger partial charge in [-0.05, 0) is 42.9 Å². The summed E-state index contributed by atoms with van der Waals surface area (Å²) < 4.78 is 27.5. The van der Waals surface area contributed by atoms with Crippen LogP contribution in [0.4, 0.5) is 5.69 Å². The van der Waals surface area contributed by atoms with E-state index in [1.165, 1.54) is 4.31 Å². The number of H-pyrrole nitrogens is 1. The Morgan fingerprint density at radius 2 is 1.77 bits per heavy atom. The average Bonchev–Trinajstić information content (AvgIpc) is 3.28. The Morgan fingerprint density at radius 3 is 2.46 bits per heavy atom. The predicted octanol–water partition coefficient (Wildman–Crippen LogP) is 3.24. The number of hydrogen-bond acceptors (Lipinski definition) is 6. The first-order valence-corrected chi connectivity index (χ1v) is 12.3. The molecule has 2 N–H and O–H groups in total. The van der Waals surface area contributed by atoms with Gasteiger partial charge >= 0.3 is 0 Å². The number of aromatic amines is 1. The number of carbonyl (C=O) groups excluding carboxylic acids is 1. The monoisotopic (exact) mass is 512 g/mol. The first-order valence-electron chi connectivity index (χ1n) is 10.9. The maximum Gasteiger partial charge on any atom is 0.257 e. The fourth-order valence-electron chi connectivity index (χ4n) is 3.98. The summed E-state index contributed by atoms with van der Waals surface area (Å²) in [5, 5.41) is 3.50. The zero-order chi connectivity index (χ0) is 23.7. The predicted molar refractivity (Wildman–Crippen MR) is 137 cm³/mol. The molecular formula is C24H25ClN6O3S. The van der Waals surface area contributed by atoms with E-state index in [0.29, 0.717) is 35.4 Å². The molecule has 0 bridgehead atoms. The van der Waals surface area contributed by atoms with Crippen molar-refractivity contribution >= 4 is 45.1 Å². The number of halogens is 1. The van der Waals surface area contributed by atoms with Gasteiger partial charge in [0.15, 0.2) is 0 Å². The number of anilines is 1. The molecule has 0 atom stereocenters. The fourth-order valence-corrected chi connectivity index (χ4v) is 5.40. The zero-order valence-corrected chi connectivity index (χ0v) is 20.6. The van der Waals surface area contributed by atoms with E-state index >= 15 is 0 Å². The molecule has 4 aromatic rings. The number of piperazine rings is 1. The van der Waals surface area contributed by atoms with Gasteiger partial charge in [0.25, 0.3) is 5.91 Å². The third-order valence-electron chi connectivity index (χ3n) is 5.98. The first kappa shape index (κ1) is 24.8. The molecule has 5 rings (SSSR count). The average molecular weight is 513 g/mol. The van der Waals surface area contributed by atoms with Gasteiger partial charge in [-0.15, -0.1) is 12.4 Å². The van der Waals surface area contributed by atoms with Crippen LogP contribution in [0.1, 0.15) is 10.4 Å². The molecule has 3 aromatic heterocycles. The highest BCUT2D eigenvalue weighted by molar-refractivity contribution is 7.89. The van der Waals surface area contributed by atoms with Crippen LogP contribution >= 0.6 is 12.4 Å². The van der Waals surface area contributed by atoms with Crippen LogP contribution in [0, 0.1) is 0 Å². The fraction of sp³-hybridized carbons (Fsp3) is 0.208. The van der Waals surface area contributed by atoms with Crippen molar-refractivity contribution in [2.45, 2.75) is 4.90 Å². The van der Waals surface area contributed by atoms with Gasteiger partial charge in [-0.1, -0.05) is 12.1 Å². The number of aromatic nitrogens is 3. The van der Waals surface area contributed by atoms with Crippen molar-refractivity contribution in [1.29, 1.82) is 0 Å². The second kappa shape index (κ2) is 10.1. The summed E-state index contributed by atoms with van der Waals surface area (Å²) in [6, 6.07) is 12.2. The summed E-state index contributed by atoms with van der Waals surface area (Å²) in [6.07, 6.45) is 6.54. The summed E-state index contributed by atoms with van der Waals surface area (Å²) in [5.41, 5.74) is 3.25. The van der Waals surface area contributed by atoms with Crippen molar-refractivity contribution in [3.8, 4) is 11.1 Å². The lowest BCUT2D eigenvalue weighted by atomic mass is 10.1. The van der Waals surface area contributed by atoms with Gasteiger partial charge in [0, 0.05) is 55.7 Å². The van der Waals surface area contributed by atoms with Crippen molar-refractivity contribution < 1.29 is 13.2 Å². The normalized spacial score (nSPS) is 15.0. The SMILES string of the molecule is CN1CCN(S(=O)(=O)c2ccc(-c3cnc4[nH]cc(C(=O)Nc5cccnc5)c4c3)cc2)CC1.Cl. The van der Waals surface area contributed by atoms with Gasteiger partial charge < -0.3 is 15.2 Å². The number of carbonyl (C=O) groups is 1. The van der Waals surface area contributed by atoms with E-state index in [0.717, 1.165) is 24.2 Å². The third-order valence-corrected chi connectivity index (χ3v) is 7.90. The van der Waals surface area contributed by atoms with Crippen LogP contribution in [0.3, 0.4) is 0 Å². The molecule has 0 aliphatic carbocycles. The molecule has 0 radical (unpaired) electrons. The maximum atomic E-state index is 13.0. The van der Waals surface area contributed by atoms with Crippen molar-refractivity contribution in [3.05, 3.63) is 72.8 Å². The number of nitrogens with zero attached hydrogens (tertiary/aromatic N) is 4. The van der Waals surface area contributed by atoms with Crippen LogP contribution in [-0.4, -0.2) is 71.7 Å². The van der Waals surface area contributed by atoms with Gasteiger partial charge in [0.2, 0.25) is 10.0 Å². The number of likely N-dealkylation sites (N-methyl/N-ethyl adjacent to an activating group) is 1. The molecule has 182 valence electrons. The van der Waals surface area contributed by atoms with Gasteiger partial charge in [-0.3, -0.25) is 9.78 Å². The maximum absolute atomic E-state index is 13.0. The second-order valence-corrected chi connectivity index (χ2v) is 10.2. The molecule has 1 aromatic carbocycles. The molecule has 0 unspecified atom stereocenters. The smallest absolute Gasteiger partial charge is 0.257 e. The standard InChI is InChI=1S/C24H24N6O3S.ClH/c1-29-9-11-30(12-10-29)34(32,33)20-6-4-17(5-7-20)18-13-21-22(16-27-23(21)26-14-18)24(31)28-19-3-2-8-25-15-19;/h2-8,13-16H,9-12H2,1H3,(H,26,27)(H,28,31);1H. The van der Waals surface area contributed by atoms with E-state index in [1.54, 1.807) is 61.2 Å². The number of fused-ring (bicyclic) bond motifs is 1. The Hall–Kier alpha value is -3.31. The minimum Gasteiger partial charge on any atom is -0.345 e. The first-order chi connectivity index (χ1) is 16.4. The van der Waals surface area contributed by atoms with Crippen molar-refractivity contribution in [2.75, 3.05) is 38.5 Å². The van der Waals surface area contributed by atoms with Gasteiger partial charge in [-0.25, -0.2) is 13.4 Å². The number of benzene rings is 1. The zero-order valence-electron chi connectivity index (χ0n) is 19.0. The lowest BCUT2D eigenvalue weighted by Crippen LogP contribution is -2.46. The molecule has 11 heteroatoms. The van der Waals surface area contributed by atoms with E-state index in [2.05, 4.69) is 25.2 Å². The molecule has 1 saturated heterocycles. The van der Waals surface area contributed by atoms with Crippen molar-refractivity contribution in [1.82, 2.24) is 24.2 Å². The largest absolute Gasteiger partial charge is 0.345 e. The van der Waals surface area contributed by atoms with Crippen LogP contribution < -0.4 is 5.32 Å². The minimum atomic E-state index is -3.53. The number of hydrogen-bond donors (Lipinski definition) is 2. The van der Waals surface area contributed by atoms with Crippen LogP contribution in [0.2, 0.25) is 0 Å². The number of sulfonamides is 1. The molecule has 35 heavy (non-hydrogen) atoms. The summed E-state index contributed by atoms with van der Waals surface area (Å²) in [7, 11) is -1.54. The highest BCUT2D eigenvalue weighted by Crippen LogP contribution is 2.27. The van der Waals surface area contributed by atoms with E-state index in [4.69, 9.17) is 0 Å². The highest BCUT2D eigenvalue weighted by Gasteiger charge is 2.27. The second-order valence-electron chi connectivity index (χ2n) is 8.25. The number of rotatable bonds is 5. The van der Waals surface area contributed by atoms with Crippen LogP contribution in [0.5, 0.6) is 0 Å². The summed E-state index contributed by atoms with van der Waals surface area (Å²) in [6.45, 7) is 2.41.